The van der Waals surface area contributed by atoms with Crippen molar-refractivity contribution < 1.29 is 9.59 Å². The number of amides is 2. The molecule has 2 amide bonds. The topological polar surface area (TPSA) is 83.0 Å². The van der Waals surface area contributed by atoms with Crippen molar-refractivity contribution in [3.05, 3.63) is 62.8 Å². The molecule has 3 rings (SSSR count). The summed E-state index contributed by atoms with van der Waals surface area (Å²) in [5.74, 6) is 0.0652. The van der Waals surface area contributed by atoms with Crippen LogP contribution in [0.1, 0.15) is 11.1 Å². The van der Waals surface area contributed by atoms with Crippen molar-refractivity contribution in [3.63, 3.8) is 0 Å². The molecular weight excluding hydrogens is 466 g/mol. The van der Waals surface area contributed by atoms with Gasteiger partial charge in [-0.2, -0.15) is 5.10 Å². The number of rotatable bonds is 6. The number of nitrogens with one attached hydrogen (secondary N) is 2. The van der Waals surface area contributed by atoms with E-state index >= 15 is 0 Å². The van der Waals surface area contributed by atoms with Crippen LogP contribution in [0, 0.1) is 18.6 Å². The van der Waals surface area contributed by atoms with E-state index in [-0.39, 0.29) is 24.9 Å². The largest absolute Gasteiger partial charge is 0.335 e. The zero-order valence-corrected chi connectivity index (χ0v) is 19.3. The predicted octanol–water partition coefficient (Wildman–Crippen LogP) is 4.08. The van der Waals surface area contributed by atoms with Gasteiger partial charge in [0.2, 0.25) is 11.8 Å². The first kappa shape index (κ1) is 21.9. The number of hydrogen-bond donors (Lipinski definition) is 2. The fourth-order valence-electron chi connectivity index (χ4n) is 2.99. The summed E-state index contributed by atoms with van der Waals surface area (Å²) in [5.41, 5.74) is 3.58. The van der Waals surface area contributed by atoms with Gasteiger partial charge in [-0.3, -0.25) is 19.3 Å². The maximum absolute atomic E-state index is 12.7. The first-order valence-corrected chi connectivity index (χ1v) is 10.5. The molecule has 0 radical (unpaired) electrons. The Kier molecular flexibility index (Phi) is 6.84. The van der Waals surface area contributed by atoms with Gasteiger partial charge >= 0.3 is 0 Å². The van der Waals surface area contributed by atoms with Crippen LogP contribution >= 0.6 is 28.1 Å². The van der Waals surface area contributed by atoms with Gasteiger partial charge in [0, 0.05) is 22.8 Å². The summed E-state index contributed by atoms with van der Waals surface area (Å²) in [6.07, 6.45) is 0. The van der Waals surface area contributed by atoms with Crippen LogP contribution in [0.25, 0.3) is 11.4 Å². The third kappa shape index (κ3) is 5.22. The molecule has 3 aromatic rings. The summed E-state index contributed by atoms with van der Waals surface area (Å²) in [6, 6.07) is 13.4. The fourth-order valence-corrected chi connectivity index (χ4v) is 3.66. The highest BCUT2D eigenvalue weighted by Gasteiger charge is 2.17. The molecule has 0 spiro atoms. The Morgan fingerprint density at radius 1 is 1.23 bits per heavy atom. The Labute approximate surface area is 188 Å². The maximum atomic E-state index is 12.7. The summed E-state index contributed by atoms with van der Waals surface area (Å²) >= 11 is 8.70. The number of nitrogens with zero attached hydrogens (tertiary/aromatic N) is 3. The lowest BCUT2D eigenvalue weighted by atomic mass is 10.1. The minimum atomic E-state index is -0.272. The lowest BCUT2D eigenvalue weighted by molar-refractivity contribution is -0.133. The molecule has 0 saturated carbocycles. The molecule has 0 aliphatic heterocycles. The van der Waals surface area contributed by atoms with Crippen molar-refractivity contribution in [2.75, 3.05) is 18.9 Å². The average Bonchev–Trinajstić information content (AvgIpc) is 3.04. The minimum Gasteiger partial charge on any atom is -0.335 e. The van der Waals surface area contributed by atoms with E-state index in [2.05, 4.69) is 31.4 Å². The highest BCUT2D eigenvalue weighted by atomic mass is 79.9. The van der Waals surface area contributed by atoms with Gasteiger partial charge in [0.15, 0.2) is 10.6 Å². The van der Waals surface area contributed by atoms with Gasteiger partial charge in [-0.05, 0) is 55.9 Å². The third-order valence-corrected chi connectivity index (χ3v) is 5.40. The van der Waals surface area contributed by atoms with Crippen LogP contribution in [0.4, 0.5) is 5.69 Å². The molecule has 2 N–H and O–H groups in total. The summed E-state index contributed by atoms with van der Waals surface area (Å²) in [4.78, 5) is 26.5. The number of aromatic nitrogens is 3. The number of likely N-dealkylation sites (N-methyl/N-ethyl adjacent to an activating group) is 1. The van der Waals surface area contributed by atoms with E-state index in [1.54, 1.807) is 11.6 Å². The molecule has 0 aliphatic rings. The zero-order valence-electron chi connectivity index (χ0n) is 16.9. The van der Waals surface area contributed by atoms with E-state index in [0.717, 1.165) is 21.2 Å². The van der Waals surface area contributed by atoms with Crippen LogP contribution in [0.15, 0.2) is 46.9 Å². The van der Waals surface area contributed by atoms with Gasteiger partial charge in [0.05, 0.1) is 6.54 Å². The molecule has 0 aliphatic carbocycles. The molecule has 156 valence electrons. The van der Waals surface area contributed by atoms with Crippen LogP contribution < -0.4 is 5.32 Å². The first-order chi connectivity index (χ1) is 14.2. The second-order valence-electron chi connectivity index (χ2n) is 7.07. The highest BCUT2D eigenvalue weighted by molar-refractivity contribution is 9.10. The predicted molar refractivity (Wildman–Crippen MR) is 123 cm³/mol. The fraction of sp³-hybridized carbons (Fsp3) is 0.238. The third-order valence-electron chi connectivity index (χ3n) is 4.60. The van der Waals surface area contributed by atoms with Gasteiger partial charge in [-0.15, -0.1) is 0 Å². The molecule has 30 heavy (non-hydrogen) atoms. The lowest BCUT2D eigenvalue weighted by Gasteiger charge is -2.18. The molecular formula is C21H22BrN5O2S. The van der Waals surface area contributed by atoms with Crippen LogP contribution in [0.2, 0.25) is 0 Å². The molecule has 0 bridgehead atoms. The maximum Gasteiger partial charge on any atom is 0.243 e. The van der Waals surface area contributed by atoms with Crippen LogP contribution in [0.5, 0.6) is 0 Å². The number of anilines is 1. The van der Waals surface area contributed by atoms with E-state index in [1.165, 1.54) is 4.90 Å². The van der Waals surface area contributed by atoms with Crippen molar-refractivity contribution in [2.45, 2.75) is 20.4 Å². The molecule has 0 atom stereocenters. The molecule has 1 aromatic heterocycles. The number of H-pyrrole nitrogens is 1. The minimum absolute atomic E-state index is 0.0142. The van der Waals surface area contributed by atoms with E-state index < -0.39 is 0 Å². The standard InChI is InChI=1S/C21H22BrN5O2S/c1-13-5-4-6-15(9-13)20-24-25-21(30)27(20)12-19(29)26(3)11-18(28)23-17-8-7-16(22)10-14(17)2/h4-10H,11-12H2,1-3H3,(H,23,28)(H,25,30). The Balaban J connectivity index is 1.68. The van der Waals surface area contributed by atoms with Gasteiger partial charge in [0.1, 0.15) is 6.54 Å². The van der Waals surface area contributed by atoms with E-state index in [0.29, 0.717) is 16.3 Å². The van der Waals surface area contributed by atoms with Crippen molar-refractivity contribution in [1.29, 1.82) is 0 Å². The Hall–Kier alpha value is -2.78. The first-order valence-electron chi connectivity index (χ1n) is 9.27. The smallest absolute Gasteiger partial charge is 0.243 e. The molecule has 0 unspecified atom stereocenters. The van der Waals surface area contributed by atoms with Crippen LogP contribution in [-0.2, 0) is 16.1 Å². The number of aromatic amines is 1. The van der Waals surface area contributed by atoms with Gasteiger partial charge in [-0.1, -0.05) is 39.7 Å². The number of carbonyl (C=O) groups is 2. The summed E-state index contributed by atoms with van der Waals surface area (Å²) in [6.45, 7) is 3.81. The van der Waals surface area contributed by atoms with E-state index in [9.17, 15) is 9.59 Å². The Bertz CT molecular complexity index is 1150. The molecule has 7 nitrogen and oxygen atoms in total. The Morgan fingerprint density at radius 3 is 2.70 bits per heavy atom. The molecule has 1 heterocycles. The lowest BCUT2D eigenvalue weighted by Crippen LogP contribution is -2.37. The zero-order chi connectivity index (χ0) is 21.8. The number of halogens is 1. The molecule has 0 saturated heterocycles. The number of carbonyl (C=O) groups excluding carboxylic acids is 2. The van der Waals surface area contributed by atoms with Crippen molar-refractivity contribution in [2.24, 2.45) is 0 Å². The van der Waals surface area contributed by atoms with Gasteiger partial charge in [0.25, 0.3) is 0 Å². The normalized spacial score (nSPS) is 10.7. The highest BCUT2D eigenvalue weighted by Crippen LogP contribution is 2.20. The summed E-state index contributed by atoms with van der Waals surface area (Å²) in [7, 11) is 1.59. The number of hydrogen-bond acceptors (Lipinski definition) is 4. The summed E-state index contributed by atoms with van der Waals surface area (Å²) < 4.78 is 2.93. The monoisotopic (exact) mass is 487 g/mol. The quantitative estimate of drug-likeness (QED) is 0.513. The average molecular weight is 488 g/mol. The number of benzene rings is 2. The second kappa shape index (κ2) is 9.36. The van der Waals surface area contributed by atoms with Crippen LogP contribution in [-0.4, -0.2) is 45.1 Å². The molecule has 9 heteroatoms. The summed E-state index contributed by atoms with van der Waals surface area (Å²) in [5, 5.41) is 9.85. The van der Waals surface area contributed by atoms with Gasteiger partial charge < -0.3 is 10.2 Å². The van der Waals surface area contributed by atoms with Crippen molar-refractivity contribution >= 4 is 45.6 Å². The molecule has 0 fully saturated rings. The molecule has 2 aromatic carbocycles. The number of aryl methyl sites for hydroxylation is 2. The van der Waals surface area contributed by atoms with E-state index in [1.807, 2.05) is 56.3 Å². The van der Waals surface area contributed by atoms with Crippen molar-refractivity contribution in [1.82, 2.24) is 19.7 Å². The van der Waals surface area contributed by atoms with Crippen molar-refractivity contribution in [3.8, 4) is 11.4 Å². The Morgan fingerprint density at radius 2 is 2.00 bits per heavy atom. The second-order valence-corrected chi connectivity index (χ2v) is 8.37. The van der Waals surface area contributed by atoms with E-state index in [4.69, 9.17) is 12.2 Å². The van der Waals surface area contributed by atoms with Gasteiger partial charge in [-0.25, -0.2) is 0 Å². The SMILES string of the molecule is Cc1cccc(-c2n[nH]c(=S)n2CC(=O)N(C)CC(=O)Nc2ccc(Br)cc2C)c1. The van der Waals surface area contributed by atoms with Crippen LogP contribution in [0.3, 0.4) is 0 Å².